The number of rotatable bonds is 4. The van der Waals surface area contributed by atoms with E-state index < -0.39 is 17.4 Å². The summed E-state index contributed by atoms with van der Waals surface area (Å²) in [5.41, 5.74) is 0.375. The molecule has 1 amide bonds. The van der Waals surface area contributed by atoms with Crippen LogP contribution in [0.1, 0.15) is 29.8 Å². The molecule has 0 radical (unpaired) electrons. The molecule has 0 aliphatic heterocycles. The van der Waals surface area contributed by atoms with Crippen LogP contribution >= 0.6 is 0 Å². The monoisotopic (exact) mass is 285 g/mol. The SMILES string of the molecule is O=C(NC1(C(=O)O)CCC1)c1occc1-c1ccccc1. The highest BCUT2D eigenvalue weighted by Crippen LogP contribution is 2.33. The highest BCUT2D eigenvalue weighted by atomic mass is 16.4. The Morgan fingerprint density at radius 3 is 2.43 bits per heavy atom. The Bertz CT molecular complexity index is 671. The second kappa shape index (κ2) is 5.09. The lowest BCUT2D eigenvalue weighted by atomic mass is 9.76. The normalized spacial score (nSPS) is 16.0. The molecule has 0 atom stereocenters. The number of aliphatic carboxylic acids is 1. The van der Waals surface area contributed by atoms with Crippen molar-refractivity contribution in [3.05, 3.63) is 48.4 Å². The number of carbonyl (C=O) groups excluding carboxylic acids is 1. The van der Waals surface area contributed by atoms with Crippen LogP contribution in [-0.4, -0.2) is 22.5 Å². The molecule has 0 spiro atoms. The van der Waals surface area contributed by atoms with Gasteiger partial charge in [-0.3, -0.25) is 4.79 Å². The van der Waals surface area contributed by atoms with E-state index in [9.17, 15) is 14.7 Å². The van der Waals surface area contributed by atoms with Gasteiger partial charge < -0.3 is 14.8 Å². The van der Waals surface area contributed by atoms with Crippen molar-refractivity contribution < 1.29 is 19.1 Å². The molecule has 1 aromatic carbocycles. The first-order valence-electron chi connectivity index (χ1n) is 6.81. The first kappa shape index (κ1) is 13.4. The van der Waals surface area contributed by atoms with Gasteiger partial charge in [0, 0.05) is 5.56 Å². The van der Waals surface area contributed by atoms with Gasteiger partial charge in [0.15, 0.2) is 5.76 Å². The van der Waals surface area contributed by atoms with Crippen LogP contribution in [0.25, 0.3) is 11.1 Å². The molecule has 1 saturated carbocycles. The summed E-state index contributed by atoms with van der Waals surface area (Å²) in [6.07, 6.45) is 3.15. The fraction of sp³-hybridized carbons (Fsp3) is 0.250. The molecule has 108 valence electrons. The Kier molecular flexibility index (Phi) is 3.25. The van der Waals surface area contributed by atoms with Crippen molar-refractivity contribution in [2.24, 2.45) is 0 Å². The minimum absolute atomic E-state index is 0.147. The number of benzene rings is 1. The maximum atomic E-state index is 12.3. The Morgan fingerprint density at radius 1 is 1.14 bits per heavy atom. The Hall–Kier alpha value is -2.56. The molecule has 5 nitrogen and oxygen atoms in total. The summed E-state index contributed by atoms with van der Waals surface area (Å²) in [5.74, 6) is -1.33. The Balaban J connectivity index is 1.87. The molecule has 0 bridgehead atoms. The summed E-state index contributed by atoms with van der Waals surface area (Å²) in [4.78, 5) is 23.7. The minimum Gasteiger partial charge on any atom is -0.480 e. The van der Waals surface area contributed by atoms with Gasteiger partial charge in [-0.1, -0.05) is 30.3 Å². The number of carboxylic acids is 1. The molecule has 3 rings (SSSR count). The van der Waals surface area contributed by atoms with E-state index in [1.54, 1.807) is 6.07 Å². The predicted octanol–water partition coefficient (Wildman–Crippen LogP) is 2.68. The Morgan fingerprint density at radius 2 is 1.86 bits per heavy atom. The van der Waals surface area contributed by atoms with Crippen LogP contribution in [0.2, 0.25) is 0 Å². The zero-order valence-corrected chi connectivity index (χ0v) is 11.3. The van der Waals surface area contributed by atoms with E-state index in [0.29, 0.717) is 18.4 Å². The molecule has 1 aliphatic rings. The third kappa shape index (κ3) is 2.31. The van der Waals surface area contributed by atoms with E-state index in [-0.39, 0.29) is 5.76 Å². The molecular weight excluding hydrogens is 270 g/mol. The number of hydrogen-bond donors (Lipinski definition) is 2. The smallest absolute Gasteiger partial charge is 0.329 e. The maximum Gasteiger partial charge on any atom is 0.329 e. The van der Waals surface area contributed by atoms with Gasteiger partial charge in [-0.2, -0.15) is 0 Å². The minimum atomic E-state index is -1.14. The average Bonchev–Trinajstić information content (AvgIpc) is 2.92. The van der Waals surface area contributed by atoms with Gasteiger partial charge in [0.2, 0.25) is 0 Å². The number of nitrogens with one attached hydrogen (secondary N) is 1. The Labute approximate surface area is 121 Å². The first-order chi connectivity index (χ1) is 10.1. The summed E-state index contributed by atoms with van der Waals surface area (Å²) in [6, 6.07) is 11.1. The van der Waals surface area contributed by atoms with Gasteiger partial charge in [-0.25, -0.2) is 4.79 Å². The lowest BCUT2D eigenvalue weighted by Gasteiger charge is -2.37. The van der Waals surface area contributed by atoms with Crippen molar-refractivity contribution in [1.29, 1.82) is 0 Å². The van der Waals surface area contributed by atoms with Crippen LogP contribution in [0.15, 0.2) is 47.1 Å². The fourth-order valence-corrected chi connectivity index (χ4v) is 2.53. The van der Waals surface area contributed by atoms with Crippen molar-refractivity contribution >= 4 is 11.9 Å². The molecule has 1 aromatic heterocycles. The molecule has 1 heterocycles. The second-order valence-corrected chi connectivity index (χ2v) is 5.22. The molecule has 5 heteroatoms. The fourth-order valence-electron chi connectivity index (χ4n) is 2.53. The van der Waals surface area contributed by atoms with Gasteiger partial charge in [-0.15, -0.1) is 0 Å². The molecule has 21 heavy (non-hydrogen) atoms. The lowest BCUT2D eigenvalue weighted by Crippen LogP contribution is -2.59. The van der Waals surface area contributed by atoms with E-state index in [0.717, 1.165) is 12.0 Å². The van der Waals surface area contributed by atoms with E-state index in [1.807, 2.05) is 30.3 Å². The van der Waals surface area contributed by atoms with Gasteiger partial charge in [-0.05, 0) is 30.9 Å². The topological polar surface area (TPSA) is 79.5 Å². The van der Waals surface area contributed by atoms with Crippen LogP contribution in [0.4, 0.5) is 0 Å². The lowest BCUT2D eigenvalue weighted by molar-refractivity contribution is -0.148. The van der Waals surface area contributed by atoms with Crippen molar-refractivity contribution in [3.63, 3.8) is 0 Å². The zero-order chi connectivity index (χ0) is 14.9. The van der Waals surface area contributed by atoms with Crippen molar-refractivity contribution in [2.75, 3.05) is 0 Å². The number of amides is 1. The third-order valence-electron chi connectivity index (χ3n) is 3.93. The molecule has 0 saturated heterocycles. The molecule has 0 unspecified atom stereocenters. The van der Waals surface area contributed by atoms with Crippen LogP contribution in [-0.2, 0) is 4.79 Å². The summed E-state index contributed by atoms with van der Waals surface area (Å²) in [5, 5.41) is 11.9. The highest BCUT2D eigenvalue weighted by Gasteiger charge is 2.46. The summed E-state index contributed by atoms with van der Waals surface area (Å²) in [7, 11) is 0. The summed E-state index contributed by atoms with van der Waals surface area (Å²) in [6.45, 7) is 0. The van der Waals surface area contributed by atoms with Gasteiger partial charge in [0.1, 0.15) is 5.54 Å². The summed E-state index contributed by atoms with van der Waals surface area (Å²) >= 11 is 0. The standard InChI is InChI=1S/C16H15NO4/c18-14(17-16(15(19)20)8-4-9-16)13-12(7-10-21-13)11-5-2-1-3-6-11/h1-3,5-7,10H,4,8-9H2,(H,17,18)(H,19,20). The maximum absolute atomic E-state index is 12.3. The van der Waals surface area contributed by atoms with Crippen molar-refractivity contribution in [3.8, 4) is 11.1 Å². The van der Waals surface area contributed by atoms with Crippen LogP contribution in [0.5, 0.6) is 0 Å². The number of furan rings is 1. The van der Waals surface area contributed by atoms with Gasteiger partial charge in [0.05, 0.1) is 6.26 Å². The van der Waals surface area contributed by atoms with Crippen LogP contribution < -0.4 is 5.32 Å². The predicted molar refractivity (Wildman–Crippen MR) is 75.8 cm³/mol. The molecule has 1 aliphatic carbocycles. The second-order valence-electron chi connectivity index (χ2n) is 5.22. The number of hydrogen-bond acceptors (Lipinski definition) is 3. The van der Waals surface area contributed by atoms with E-state index in [2.05, 4.69) is 5.32 Å². The van der Waals surface area contributed by atoms with Crippen molar-refractivity contribution in [2.45, 2.75) is 24.8 Å². The van der Waals surface area contributed by atoms with E-state index in [1.165, 1.54) is 6.26 Å². The van der Waals surface area contributed by atoms with Gasteiger partial charge >= 0.3 is 5.97 Å². The quantitative estimate of drug-likeness (QED) is 0.905. The third-order valence-corrected chi connectivity index (χ3v) is 3.93. The molecule has 1 fully saturated rings. The zero-order valence-electron chi connectivity index (χ0n) is 11.3. The van der Waals surface area contributed by atoms with Crippen LogP contribution in [0.3, 0.4) is 0 Å². The molecule has 2 N–H and O–H groups in total. The van der Waals surface area contributed by atoms with Gasteiger partial charge in [0.25, 0.3) is 5.91 Å². The highest BCUT2D eigenvalue weighted by molar-refractivity contribution is 6.01. The molecular formula is C16H15NO4. The largest absolute Gasteiger partial charge is 0.480 e. The van der Waals surface area contributed by atoms with E-state index >= 15 is 0 Å². The summed E-state index contributed by atoms with van der Waals surface area (Å²) < 4.78 is 5.27. The number of carboxylic acid groups (broad SMARTS) is 1. The van der Waals surface area contributed by atoms with Crippen LogP contribution in [0, 0.1) is 0 Å². The van der Waals surface area contributed by atoms with Crippen molar-refractivity contribution in [1.82, 2.24) is 5.32 Å². The van der Waals surface area contributed by atoms with E-state index in [4.69, 9.17) is 4.42 Å². The average molecular weight is 285 g/mol. The number of carbonyl (C=O) groups is 2. The first-order valence-corrected chi connectivity index (χ1v) is 6.81. The molecule has 2 aromatic rings.